The van der Waals surface area contributed by atoms with E-state index in [2.05, 4.69) is 33.6 Å². The van der Waals surface area contributed by atoms with Crippen LogP contribution in [0.25, 0.3) is 0 Å². The topological polar surface area (TPSA) is 111 Å². The van der Waals surface area contributed by atoms with Crippen molar-refractivity contribution in [1.29, 1.82) is 0 Å². The molecule has 15 heteroatoms. The van der Waals surface area contributed by atoms with Crippen LogP contribution in [0.3, 0.4) is 0 Å². The summed E-state index contributed by atoms with van der Waals surface area (Å²) in [7, 11) is 0. The minimum atomic E-state index is -5.08. The molecule has 0 aliphatic carbocycles. The maximum atomic E-state index is 13.2. The average molecular weight is 570 g/mol. The van der Waals surface area contributed by atoms with Crippen LogP contribution >= 0.6 is 11.3 Å². The number of carboxylic acid groups (broad SMARTS) is 2. The monoisotopic (exact) mass is 569 g/mol. The SMILES string of the molecule is C[C@@H]1CN(Cc2ccsc2)C[C@]12CCN(Cc1cccnc1)C2=O.O=C(O)C(F)(F)F.O=C(O)C(F)(F)F. The van der Waals surface area contributed by atoms with Crippen LogP contribution in [0.4, 0.5) is 26.3 Å². The van der Waals surface area contributed by atoms with Gasteiger partial charge in [-0.05, 0) is 46.4 Å². The third-order valence-corrected chi connectivity index (χ3v) is 6.82. The van der Waals surface area contributed by atoms with Crippen molar-refractivity contribution in [3.05, 3.63) is 52.5 Å². The van der Waals surface area contributed by atoms with Gasteiger partial charge in [-0.15, -0.1) is 0 Å². The van der Waals surface area contributed by atoms with Gasteiger partial charge in [0.05, 0.1) is 5.41 Å². The zero-order chi connectivity index (χ0) is 28.7. The van der Waals surface area contributed by atoms with Gasteiger partial charge in [0.15, 0.2) is 0 Å². The van der Waals surface area contributed by atoms with E-state index in [0.717, 1.165) is 38.2 Å². The quantitative estimate of drug-likeness (QED) is 0.529. The second kappa shape index (κ2) is 12.6. The highest BCUT2D eigenvalue weighted by Gasteiger charge is 2.54. The molecule has 1 amide bonds. The van der Waals surface area contributed by atoms with Gasteiger partial charge < -0.3 is 15.1 Å². The fourth-order valence-electron chi connectivity index (χ4n) is 4.27. The lowest BCUT2D eigenvalue weighted by atomic mass is 9.78. The lowest BCUT2D eigenvalue weighted by Crippen LogP contribution is -2.39. The van der Waals surface area contributed by atoms with Gasteiger partial charge in [-0.1, -0.05) is 13.0 Å². The fraction of sp³-hybridized carbons (Fsp3) is 0.478. The summed E-state index contributed by atoms with van der Waals surface area (Å²) in [5.41, 5.74) is 2.30. The molecular formula is C23H25F6N3O5S. The predicted octanol–water partition coefficient (Wildman–Crippen LogP) is 4.28. The normalized spacial score (nSPS) is 21.5. The Kier molecular flexibility index (Phi) is 10.3. The van der Waals surface area contributed by atoms with Crippen LogP contribution in [0.5, 0.6) is 0 Å². The highest BCUT2D eigenvalue weighted by Crippen LogP contribution is 2.45. The van der Waals surface area contributed by atoms with Gasteiger partial charge in [-0.2, -0.15) is 37.7 Å². The number of likely N-dealkylation sites (tertiary alicyclic amines) is 2. The van der Waals surface area contributed by atoms with E-state index in [-0.39, 0.29) is 5.41 Å². The van der Waals surface area contributed by atoms with E-state index in [9.17, 15) is 31.1 Å². The number of nitrogens with zero attached hydrogens (tertiary/aromatic N) is 3. The van der Waals surface area contributed by atoms with Crippen molar-refractivity contribution < 1.29 is 50.9 Å². The number of hydrogen-bond donors (Lipinski definition) is 2. The molecule has 4 rings (SSSR count). The van der Waals surface area contributed by atoms with Crippen molar-refractivity contribution in [3.8, 4) is 0 Å². The maximum Gasteiger partial charge on any atom is 0.490 e. The molecule has 2 atom stereocenters. The number of pyridine rings is 1. The van der Waals surface area contributed by atoms with Crippen molar-refractivity contribution in [1.82, 2.24) is 14.8 Å². The number of alkyl halides is 6. The number of thiophene rings is 1. The number of aliphatic carboxylic acids is 2. The first-order valence-corrected chi connectivity index (χ1v) is 12.0. The number of amides is 1. The number of carbonyl (C=O) groups excluding carboxylic acids is 1. The van der Waals surface area contributed by atoms with Gasteiger partial charge in [0.25, 0.3) is 0 Å². The van der Waals surface area contributed by atoms with E-state index in [1.165, 1.54) is 5.56 Å². The summed E-state index contributed by atoms with van der Waals surface area (Å²) in [5, 5.41) is 18.6. The Morgan fingerprint density at radius 1 is 1.08 bits per heavy atom. The summed E-state index contributed by atoms with van der Waals surface area (Å²) in [6, 6.07) is 6.17. The first kappa shape index (κ1) is 31.0. The lowest BCUT2D eigenvalue weighted by molar-refractivity contribution is -0.193. The minimum Gasteiger partial charge on any atom is -0.475 e. The van der Waals surface area contributed by atoms with Crippen LogP contribution in [0.1, 0.15) is 24.5 Å². The smallest absolute Gasteiger partial charge is 0.475 e. The van der Waals surface area contributed by atoms with Crippen LogP contribution in [0, 0.1) is 11.3 Å². The maximum absolute atomic E-state index is 13.2. The molecule has 1 spiro atoms. The van der Waals surface area contributed by atoms with Crippen LogP contribution < -0.4 is 0 Å². The Balaban J connectivity index is 0.000000301. The summed E-state index contributed by atoms with van der Waals surface area (Å²) in [5.74, 6) is -4.76. The summed E-state index contributed by atoms with van der Waals surface area (Å²) in [6.45, 7) is 6.68. The first-order valence-electron chi connectivity index (χ1n) is 11.1. The minimum absolute atomic E-state index is 0.182. The third-order valence-electron chi connectivity index (χ3n) is 6.09. The molecule has 2 saturated heterocycles. The molecule has 0 aromatic carbocycles. The predicted molar refractivity (Wildman–Crippen MR) is 123 cm³/mol. The summed E-state index contributed by atoms with van der Waals surface area (Å²) in [4.78, 5) is 39.6. The average Bonchev–Trinajstić information content (AvgIpc) is 3.51. The van der Waals surface area contributed by atoms with Crippen molar-refractivity contribution in [2.75, 3.05) is 19.6 Å². The van der Waals surface area contributed by atoms with Crippen molar-refractivity contribution in [2.45, 2.75) is 38.8 Å². The number of hydrogen-bond acceptors (Lipinski definition) is 6. The zero-order valence-electron chi connectivity index (χ0n) is 20.0. The van der Waals surface area contributed by atoms with Crippen LogP contribution in [-0.2, 0) is 27.5 Å². The van der Waals surface area contributed by atoms with Crippen molar-refractivity contribution in [2.24, 2.45) is 11.3 Å². The highest BCUT2D eigenvalue weighted by molar-refractivity contribution is 7.07. The molecule has 0 radical (unpaired) electrons. The van der Waals surface area contributed by atoms with Crippen LogP contribution in [-0.4, -0.2) is 74.8 Å². The van der Waals surface area contributed by atoms with Crippen LogP contribution in [0.15, 0.2) is 41.4 Å². The van der Waals surface area contributed by atoms with E-state index >= 15 is 0 Å². The molecule has 2 aliphatic rings. The van der Waals surface area contributed by atoms with E-state index < -0.39 is 24.3 Å². The van der Waals surface area contributed by atoms with E-state index in [1.54, 1.807) is 17.5 Å². The van der Waals surface area contributed by atoms with Gasteiger partial charge in [-0.25, -0.2) is 9.59 Å². The van der Waals surface area contributed by atoms with E-state index in [4.69, 9.17) is 19.8 Å². The number of halogens is 6. The molecule has 8 nitrogen and oxygen atoms in total. The van der Waals surface area contributed by atoms with Gasteiger partial charge in [-0.3, -0.25) is 14.7 Å². The van der Waals surface area contributed by atoms with E-state index in [0.29, 0.717) is 18.4 Å². The fourth-order valence-corrected chi connectivity index (χ4v) is 4.93. The number of carbonyl (C=O) groups is 3. The van der Waals surface area contributed by atoms with Gasteiger partial charge in [0.1, 0.15) is 0 Å². The zero-order valence-corrected chi connectivity index (χ0v) is 20.8. The molecule has 0 saturated carbocycles. The Hall–Kier alpha value is -3.20. The summed E-state index contributed by atoms with van der Waals surface area (Å²) in [6.07, 6.45) is -5.55. The Bertz CT molecular complexity index is 1060. The molecular weight excluding hydrogens is 544 g/mol. The molecule has 0 unspecified atom stereocenters. The Morgan fingerprint density at radius 2 is 1.68 bits per heavy atom. The van der Waals surface area contributed by atoms with Crippen molar-refractivity contribution in [3.63, 3.8) is 0 Å². The third kappa shape index (κ3) is 8.41. The molecule has 4 heterocycles. The standard InChI is InChI=1S/C19H23N3OS.2C2HF3O2/c1-15-10-21(11-17-4-8-24-13-17)14-19(15)5-7-22(18(19)23)12-16-3-2-6-20-9-16;2*3-2(4,5)1(6)7/h2-4,6,8-9,13,15H,5,7,10-12,14H2,1H3;2*(H,6,7)/t15-,19-;;/m1../s1. The highest BCUT2D eigenvalue weighted by atomic mass is 32.1. The van der Waals surface area contributed by atoms with Gasteiger partial charge in [0, 0.05) is 45.1 Å². The lowest BCUT2D eigenvalue weighted by Gasteiger charge is -2.27. The summed E-state index contributed by atoms with van der Waals surface area (Å²) < 4.78 is 63.5. The molecule has 0 bridgehead atoms. The second-order valence-corrected chi connectivity index (χ2v) is 9.58. The first-order chi connectivity index (χ1) is 17.6. The molecule has 2 aromatic heterocycles. The molecule has 2 aliphatic heterocycles. The van der Waals surface area contributed by atoms with Crippen molar-refractivity contribution >= 4 is 29.2 Å². The number of rotatable bonds is 4. The molecule has 2 fully saturated rings. The number of aromatic nitrogens is 1. The largest absolute Gasteiger partial charge is 0.490 e. The summed E-state index contributed by atoms with van der Waals surface area (Å²) >= 11 is 1.74. The number of carboxylic acids is 2. The molecule has 2 aromatic rings. The van der Waals surface area contributed by atoms with Gasteiger partial charge >= 0.3 is 24.3 Å². The molecule has 2 N–H and O–H groups in total. The second-order valence-electron chi connectivity index (χ2n) is 8.80. The molecule has 210 valence electrons. The molecule has 38 heavy (non-hydrogen) atoms. The van der Waals surface area contributed by atoms with Gasteiger partial charge in [0.2, 0.25) is 5.91 Å². The van der Waals surface area contributed by atoms with E-state index in [1.807, 2.05) is 23.2 Å². The Labute approximate surface area is 217 Å². The Morgan fingerprint density at radius 3 is 2.16 bits per heavy atom. The van der Waals surface area contributed by atoms with Crippen LogP contribution in [0.2, 0.25) is 0 Å².